The highest BCUT2D eigenvalue weighted by Gasteiger charge is 2.05. The van der Waals surface area contributed by atoms with Crippen molar-refractivity contribution in [3.05, 3.63) is 71.8 Å². The van der Waals surface area contributed by atoms with Crippen LogP contribution in [0, 0.1) is 0 Å². The number of nitrogens with zero attached hydrogens (tertiary/aromatic N) is 1. The molecule has 0 atom stereocenters. The highest BCUT2D eigenvalue weighted by atomic mass is 16.5. The molecule has 2 rings (SSSR count). The van der Waals surface area contributed by atoms with Crippen LogP contribution >= 0.6 is 0 Å². The molecule has 0 saturated carbocycles. The third-order valence-electron chi connectivity index (χ3n) is 3.39. The van der Waals surface area contributed by atoms with Gasteiger partial charge in [0.25, 0.3) is 0 Å². The lowest BCUT2D eigenvalue weighted by Gasteiger charge is -2.12. The van der Waals surface area contributed by atoms with Crippen LogP contribution in [0.4, 0.5) is 0 Å². The average molecular weight is 281 g/mol. The van der Waals surface area contributed by atoms with E-state index < -0.39 is 0 Å². The van der Waals surface area contributed by atoms with Crippen LogP contribution in [-0.2, 0) is 0 Å². The molecule has 0 N–H and O–H groups in total. The lowest BCUT2D eigenvalue weighted by atomic mass is 9.96. The molecule has 0 unspecified atom stereocenters. The monoisotopic (exact) mass is 281 g/mol. The number of benzene rings is 2. The van der Waals surface area contributed by atoms with Crippen molar-refractivity contribution in [1.29, 1.82) is 0 Å². The smallest absolute Gasteiger partial charge is 0.119 e. The van der Waals surface area contributed by atoms with Gasteiger partial charge in [-0.1, -0.05) is 48.5 Å². The quantitative estimate of drug-likeness (QED) is 0.791. The molecule has 0 aliphatic rings. The number of rotatable bonds is 6. The molecular formula is C19H23NO. The van der Waals surface area contributed by atoms with Gasteiger partial charge in [-0.15, -0.1) is 0 Å². The van der Waals surface area contributed by atoms with Crippen molar-refractivity contribution in [2.45, 2.75) is 6.42 Å². The lowest BCUT2D eigenvalue weighted by Crippen LogP contribution is -2.12. The minimum atomic E-state index is 0.891. The molecule has 0 heterocycles. The van der Waals surface area contributed by atoms with E-state index >= 15 is 0 Å². The van der Waals surface area contributed by atoms with Crippen molar-refractivity contribution >= 4 is 5.57 Å². The van der Waals surface area contributed by atoms with Crippen LogP contribution in [0.25, 0.3) is 5.57 Å². The van der Waals surface area contributed by atoms with Crippen molar-refractivity contribution in [1.82, 2.24) is 4.90 Å². The fourth-order valence-electron chi connectivity index (χ4n) is 2.28. The lowest BCUT2D eigenvalue weighted by molar-refractivity contribution is 0.414. The summed E-state index contributed by atoms with van der Waals surface area (Å²) in [5, 5.41) is 0. The first kappa shape index (κ1) is 15.3. The Balaban J connectivity index is 2.35. The normalized spacial score (nSPS) is 11.7. The Morgan fingerprint density at radius 2 is 1.71 bits per heavy atom. The predicted octanol–water partition coefficient (Wildman–Crippen LogP) is 4.08. The molecule has 0 saturated heterocycles. The van der Waals surface area contributed by atoms with Gasteiger partial charge in [-0.25, -0.2) is 0 Å². The maximum atomic E-state index is 5.35. The summed E-state index contributed by atoms with van der Waals surface area (Å²) >= 11 is 0. The summed E-state index contributed by atoms with van der Waals surface area (Å²) in [4.78, 5) is 2.20. The maximum Gasteiger partial charge on any atom is 0.119 e. The van der Waals surface area contributed by atoms with E-state index in [0.717, 1.165) is 18.7 Å². The molecule has 0 aliphatic carbocycles. The SMILES string of the molecule is COc1cccc(C(=CCCN(C)C)c2ccccc2)c1. The van der Waals surface area contributed by atoms with E-state index in [2.05, 4.69) is 61.5 Å². The zero-order valence-corrected chi connectivity index (χ0v) is 13.0. The second-order valence-electron chi connectivity index (χ2n) is 5.31. The molecule has 0 aromatic heterocycles. The van der Waals surface area contributed by atoms with E-state index in [-0.39, 0.29) is 0 Å². The van der Waals surface area contributed by atoms with Crippen LogP contribution < -0.4 is 4.74 Å². The van der Waals surface area contributed by atoms with Crippen LogP contribution in [0.5, 0.6) is 5.75 Å². The summed E-state index contributed by atoms with van der Waals surface area (Å²) in [7, 11) is 5.90. The highest BCUT2D eigenvalue weighted by Crippen LogP contribution is 2.26. The summed E-state index contributed by atoms with van der Waals surface area (Å²) in [6.07, 6.45) is 3.33. The summed E-state index contributed by atoms with van der Waals surface area (Å²) in [5.74, 6) is 0.891. The number of hydrogen-bond acceptors (Lipinski definition) is 2. The molecule has 0 amide bonds. The van der Waals surface area contributed by atoms with Crippen LogP contribution in [0.15, 0.2) is 60.7 Å². The first-order valence-corrected chi connectivity index (χ1v) is 7.25. The molecule has 0 bridgehead atoms. The van der Waals surface area contributed by atoms with Gasteiger partial charge in [0.15, 0.2) is 0 Å². The Kier molecular flexibility index (Phi) is 5.59. The van der Waals surface area contributed by atoms with Crippen molar-refractivity contribution < 1.29 is 4.74 Å². The molecule has 110 valence electrons. The maximum absolute atomic E-state index is 5.35. The molecule has 0 radical (unpaired) electrons. The van der Waals surface area contributed by atoms with E-state index in [4.69, 9.17) is 4.74 Å². The van der Waals surface area contributed by atoms with E-state index in [0.29, 0.717) is 0 Å². The summed E-state index contributed by atoms with van der Waals surface area (Å²) in [6.45, 7) is 1.04. The Morgan fingerprint density at radius 1 is 1.00 bits per heavy atom. The second-order valence-corrected chi connectivity index (χ2v) is 5.31. The first-order chi connectivity index (χ1) is 10.2. The van der Waals surface area contributed by atoms with Gasteiger partial charge in [-0.05, 0) is 49.3 Å². The number of hydrogen-bond donors (Lipinski definition) is 0. The van der Waals surface area contributed by atoms with Crippen LogP contribution in [-0.4, -0.2) is 32.6 Å². The minimum Gasteiger partial charge on any atom is -0.497 e. The molecule has 2 aromatic rings. The number of methoxy groups -OCH3 is 1. The van der Waals surface area contributed by atoms with Crippen molar-refractivity contribution in [2.24, 2.45) is 0 Å². The molecule has 0 aliphatic heterocycles. The average Bonchev–Trinajstić information content (AvgIpc) is 2.52. The first-order valence-electron chi connectivity index (χ1n) is 7.25. The van der Waals surface area contributed by atoms with E-state index in [1.807, 2.05) is 18.2 Å². The molecule has 21 heavy (non-hydrogen) atoms. The van der Waals surface area contributed by atoms with Crippen LogP contribution in [0.2, 0.25) is 0 Å². The number of ether oxygens (including phenoxy) is 1. The van der Waals surface area contributed by atoms with Gasteiger partial charge >= 0.3 is 0 Å². The predicted molar refractivity (Wildman–Crippen MR) is 89.7 cm³/mol. The summed E-state index contributed by atoms with van der Waals surface area (Å²) < 4.78 is 5.35. The summed E-state index contributed by atoms with van der Waals surface area (Å²) in [5.41, 5.74) is 3.69. The van der Waals surface area contributed by atoms with Gasteiger partial charge in [-0.3, -0.25) is 0 Å². The highest BCUT2D eigenvalue weighted by molar-refractivity contribution is 5.80. The van der Waals surface area contributed by atoms with Crippen molar-refractivity contribution in [3.8, 4) is 5.75 Å². The Bertz CT molecular complexity index is 588. The Morgan fingerprint density at radius 3 is 2.38 bits per heavy atom. The Hall–Kier alpha value is -2.06. The molecule has 2 aromatic carbocycles. The second kappa shape index (κ2) is 7.65. The van der Waals surface area contributed by atoms with E-state index in [1.165, 1.54) is 16.7 Å². The molecule has 0 spiro atoms. The standard InChI is InChI=1S/C19H23NO/c1-20(2)14-8-13-19(16-9-5-4-6-10-16)17-11-7-12-18(15-17)21-3/h4-7,9-13,15H,8,14H2,1-3H3. The Labute approximate surface area is 127 Å². The molecule has 2 nitrogen and oxygen atoms in total. The molecule has 2 heteroatoms. The van der Waals surface area contributed by atoms with Gasteiger partial charge in [0.1, 0.15) is 5.75 Å². The third kappa shape index (κ3) is 4.47. The van der Waals surface area contributed by atoms with E-state index in [1.54, 1.807) is 7.11 Å². The van der Waals surface area contributed by atoms with Gasteiger partial charge in [0.2, 0.25) is 0 Å². The third-order valence-corrected chi connectivity index (χ3v) is 3.39. The van der Waals surface area contributed by atoms with E-state index in [9.17, 15) is 0 Å². The van der Waals surface area contributed by atoms with Crippen LogP contribution in [0.1, 0.15) is 17.5 Å². The van der Waals surface area contributed by atoms with Crippen molar-refractivity contribution in [3.63, 3.8) is 0 Å². The van der Waals surface area contributed by atoms with Gasteiger partial charge in [-0.2, -0.15) is 0 Å². The topological polar surface area (TPSA) is 12.5 Å². The zero-order valence-electron chi connectivity index (χ0n) is 13.0. The van der Waals surface area contributed by atoms with Crippen molar-refractivity contribution in [2.75, 3.05) is 27.7 Å². The largest absolute Gasteiger partial charge is 0.497 e. The minimum absolute atomic E-state index is 0.891. The fraction of sp³-hybridized carbons (Fsp3) is 0.263. The van der Waals surface area contributed by atoms with Gasteiger partial charge in [0, 0.05) is 6.54 Å². The van der Waals surface area contributed by atoms with Crippen LogP contribution in [0.3, 0.4) is 0 Å². The van der Waals surface area contributed by atoms with Gasteiger partial charge < -0.3 is 9.64 Å². The zero-order chi connectivity index (χ0) is 15.1. The molecule has 0 fully saturated rings. The summed E-state index contributed by atoms with van der Waals surface area (Å²) in [6, 6.07) is 18.8. The fourth-order valence-corrected chi connectivity index (χ4v) is 2.28. The van der Waals surface area contributed by atoms with Gasteiger partial charge in [0.05, 0.1) is 7.11 Å². The molecular weight excluding hydrogens is 258 g/mol.